The summed E-state index contributed by atoms with van der Waals surface area (Å²) in [5.74, 6) is 0.280. The van der Waals surface area contributed by atoms with E-state index in [2.05, 4.69) is 20.3 Å². The maximum Gasteiger partial charge on any atom is 0.278 e. The number of aryl methyl sites for hydroxylation is 1. The lowest BCUT2D eigenvalue weighted by atomic mass is 10.0. The Morgan fingerprint density at radius 2 is 1.79 bits per heavy atom. The third-order valence-electron chi connectivity index (χ3n) is 6.67. The molecule has 0 spiro atoms. The summed E-state index contributed by atoms with van der Waals surface area (Å²) in [4.78, 5) is 40.0. The molecule has 9 nitrogen and oxygen atoms in total. The van der Waals surface area contributed by atoms with Crippen LogP contribution in [0, 0.1) is 6.92 Å². The number of aromatic nitrogens is 2. The first-order valence-corrected chi connectivity index (χ1v) is 12.4. The lowest BCUT2D eigenvalue weighted by Crippen LogP contribution is -2.28. The molecule has 0 atom stereocenters. The molecule has 38 heavy (non-hydrogen) atoms. The summed E-state index contributed by atoms with van der Waals surface area (Å²) in [5, 5.41) is 14.5. The third-order valence-corrected chi connectivity index (χ3v) is 6.67. The van der Waals surface area contributed by atoms with E-state index in [0.29, 0.717) is 33.6 Å². The minimum Gasteiger partial charge on any atom is -0.508 e. The molecule has 0 saturated carbocycles. The van der Waals surface area contributed by atoms with Gasteiger partial charge in [-0.2, -0.15) is 4.99 Å². The largest absolute Gasteiger partial charge is 0.508 e. The van der Waals surface area contributed by atoms with Gasteiger partial charge in [-0.1, -0.05) is 18.2 Å². The van der Waals surface area contributed by atoms with Crippen molar-refractivity contribution < 1.29 is 14.7 Å². The Morgan fingerprint density at radius 1 is 1.03 bits per heavy atom. The standard InChI is InChI=1S/C29H28N6O3/c1-18-13-23-24(15-22(18)29(38)35-11-5-6-12-35)32-17-33-27(23)31-16-21-14-20(9-10-25(21)36)26(30)34-28(37)19-7-3-2-4-8-19/h2-4,7-10,13-15,17,36H,5-6,11-12,16H2,1H3,(H2,30,34,37)(H,31,32,33). The summed E-state index contributed by atoms with van der Waals surface area (Å²) in [6.07, 6.45) is 3.51. The van der Waals surface area contributed by atoms with Gasteiger partial charge in [0.1, 0.15) is 23.7 Å². The zero-order valence-corrected chi connectivity index (χ0v) is 21.0. The highest BCUT2D eigenvalue weighted by atomic mass is 16.3. The third kappa shape index (κ3) is 5.17. The van der Waals surface area contributed by atoms with Crippen LogP contribution in [0.15, 0.2) is 72.0 Å². The second-order valence-electron chi connectivity index (χ2n) is 9.27. The Labute approximate surface area is 220 Å². The van der Waals surface area contributed by atoms with E-state index in [0.717, 1.165) is 36.9 Å². The van der Waals surface area contributed by atoms with E-state index in [1.54, 1.807) is 36.4 Å². The first kappa shape index (κ1) is 24.9. The fraction of sp³-hybridized carbons (Fsp3) is 0.207. The van der Waals surface area contributed by atoms with Crippen LogP contribution in [-0.2, 0) is 6.54 Å². The van der Waals surface area contributed by atoms with Gasteiger partial charge in [0.05, 0.1) is 5.52 Å². The molecule has 1 fully saturated rings. The first-order valence-electron chi connectivity index (χ1n) is 12.4. The minimum absolute atomic E-state index is 0.0294. The smallest absolute Gasteiger partial charge is 0.278 e. The van der Waals surface area contributed by atoms with E-state index < -0.39 is 5.91 Å². The summed E-state index contributed by atoms with van der Waals surface area (Å²) >= 11 is 0. The molecule has 1 aliphatic heterocycles. The number of carbonyl (C=O) groups excluding carboxylic acids is 2. The lowest BCUT2D eigenvalue weighted by molar-refractivity contribution is 0.0792. The molecular formula is C29H28N6O3. The molecule has 4 N–H and O–H groups in total. The number of carbonyl (C=O) groups is 2. The number of anilines is 1. The van der Waals surface area contributed by atoms with Crippen molar-refractivity contribution in [2.24, 2.45) is 10.7 Å². The van der Waals surface area contributed by atoms with Gasteiger partial charge < -0.3 is 21.1 Å². The monoisotopic (exact) mass is 508 g/mol. The van der Waals surface area contributed by atoms with Crippen LogP contribution in [-0.4, -0.2) is 50.7 Å². The van der Waals surface area contributed by atoms with Crippen molar-refractivity contribution in [2.45, 2.75) is 26.3 Å². The summed E-state index contributed by atoms with van der Waals surface area (Å²) in [6.45, 7) is 3.71. The van der Waals surface area contributed by atoms with Crippen molar-refractivity contribution >= 4 is 34.4 Å². The topological polar surface area (TPSA) is 134 Å². The maximum absolute atomic E-state index is 13.0. The molecule has 0 unspecified atom stereocenters. The highest BCUT2D eigenvalue weighted by Gasteiger charge is 2.22. The number of rotatable bonds is 6. The van der Waals surface area contributed by atoms with E-state index in [9.17, 15) is 14.7 Å². The summed E-state index contributed by atoms with van der Waals surface area (Å²) in [6, 6.07) is 17.2. The number of phenols is 1. The second kappa shape index (κ2) is 10.7. The molecule has 2 amide bonds. The predicted octanol–water partition coefficient (Wildman–Crippen LogP) is 4.04. The number of hydrogen-bond acceptors (Lipinski definition) is 6. The second-order valence-corrected chi connectivity index (χ2v) is 9.27. The quantitative estimate of drug-likeness (QED) is 0.264. The minimum atomic E-state index is -0.443. The highest BCUT2D eigenvalue weighted by Crippen LogP contribution is 2.27. The summed E-state index contributed by atoms with van der Waals surface area (Å²) < 4.78 is 0. The van der Waals surface area contributed by atoms with Crippen LogP contribution in [0.4, 0.5) is 5.82 Å². The van der Waals surface area contributed by atoms with Gasteiger partial charge in [-0.15, -0.1) is 0 Å². The summed E-state index contributed by atoms with van der Waals surface area (Å²) in [5.41, 5.74) is 9.77. The Bertz CT molecular complexity index is 1550. The number of nitrogens with one attached hydrogen (secondary N) is 1. The Balaban J connectivity index is 1.37. The molecule has 1 aromatic heterocycles. The van der Waals surface area contributed by atoms with Gasteiger partial charge in [0.2, 0.25) is 0 Å². The van der Waals surface area contributed by atoms with Crippen LogP contribution >= 0.6 is 0 Å². The number of benzene rings is 3. The number of phenolic OH excluding ortho intramolecular Hbond substituents is 1. The number of amidine groups is 1. The number of nitrogens with zero attached hydrogens (tertiary/aromatic N) is 4. The normalized spacial score (nSPS) is 13.6. The first-order chi connectivity index (χ1) is 18.4. The van der Waals surface area contributed by atoms with Crippen molar-refractivity contribution in [3.8, 4) is 5.75 Å². The van der Waals surface area contributed by atoms with Crippen molar-refractivity contribution in [3.05, 3.63) is 94.8 Å². The number of amides is 2. The average Bonchev–Trinajstić information content (AvgIpc) is 3.47. The van der Waals surface area contributed by atoms with Gasteiger partial charge in [-0.3, -0.25) is 9.59 Å². The maximum atomic E-state index is 13.0. The van der Waals surface area contributed by atoms with Crippen LogP contribution in [0.3, 0.4) is 0 Å². The molecule has 1 saturated heterocycles. The molecular weight excluding hydrogens is 480 g/mol. The number of nitrogens with two attached hydrogens (primary N) is 1. The number of aromatic hydroxyl groups is 1. The van der Waals surface area contributed by atoms with Gasteiger partial charge in [-0.25, -0.2) is 9.97 Å². The zero-order chi connectivity index (χ0) is 26.6. The predicted molar refractivity (Wildman–Crippen MR) is 146 cm³/mol. The van der Waals surface area contributed by atoms with Gasteiger partial charge >= 0.3 is 0 Å². The van der Waals surface area contributed by atoms with Crippen LogP contribution in [0.1, 0.15) is 50.2 Å². The molecule has 1 aliphatic rings. The van der Waals surface area contributed by atoms with Crippen LogP contribution < -0.4 is 11.1 Å². The van der Waals surface area contributed by atoms with Gasteiger partial charge in [0.15, 0.2) is 0 Å². The molecule has 9 heteroatoms. The average molecular weight is 509 g/mol. The Hall–Kier alpha value is -4.79. The van der Waals surface area contributed by atoms with Crippen molar-refractivity contribution in [3.63, 3.8) is 0 Å². The van der Waals surface area contributed by atoms with Gasteiger partial charge in [0.25, 0.3) is 11.8 Å². The number of aliphatic imine (C=N–C) groups is 1. The van der Waals surface area contributed by atoms with Crippen molar-refractivity contribution in [2.75, 3.05) is 18.4 Å². The highest BCUT2D eigenvalue weighted by molar-refractivity contribution is 6.09. The molecule has 2 heterocycles. The molecule has 3 aromatic carbocycles. The fourth-order valence-electron chi connectivity index (χ4n) is 4.56. The van der Waals surface area contributed by atoms with Crippen LogP contribution in [0.5, 0.6) is 5.75 Å². The van der Waals surface area contributed by atoms with E-state index in [1.807, 2.05) is 30.0 Å². The summed E-state index contributed by atoms with van der Waals surface area (Å²) in [7, 11) is 0. The molecule has 0 aliphatic carbocycles. The molecule has 0 radical (unpaired) electrons. The van der Waals surface area contributed by atoms with Gasteiger partial charge in [-0.05, 0) is 67.8 Å². The van der Waals surface area contributed by atoms with E-state index in [-0.39, 0.29) is 24.0 Å². The van der Waals surface area contributed by atoms with Crippen molar-refractivity contribution in [1.29, 1.82) is 0 Å². The number of fused-ring (bicyclic) bond motifs is 1. The SMILES string of the molecule is Cc1cc2c(NCc3cc(/C(N)=N/C(=O)c4ccccc4)ccc3O)ncnc2cc1C(=O)N1CCCC1. The van der Waals surface area contributed by atoms with E-state index in [1.165, 1.54) is 12.4 Å². The number of likely N-dealkylation sites (tertiary alicyclic amines) is 1. The Morgan fingerprint density at radius 3 is 2.55 bits per heavy atom. The molecule has 192 valence electrons. The zero-order valence-electron chi connectivity index (χ0n) is 21.0. The lowest BCUT2D eigenvalue weighted by Gasteiger charge is -2.17. The fourth-order valence-corrected chi connectivity index (χ4v) is 4.56. The van der Waals surface area contributed by atoms with Crippen LogP contribution in [0.2, 0.25) is 0 Å². The van der Waals surface area contributed by atoms with E-state index >= 15 is 0 Å². The Kier molecular flexibility index (Phi) is 6.99. The van der Waals surface area contributed by atoms with Gasteiger partial charge in [0, 0.05) is 47.3 Å². The van der Waals surface area contributed by atoms with E-state index in [4.69, 9.17) is 5.73 Å². The molecule has 0 bridgehead atoms. The van der Waals surface area contributed by atoms with Crippen LogP contribution in [0.25, 0.3) is 10.9 Å². The van der Waals surface area contributed by atoms with Crippen molar-refractivity contribution in [1.82, 2.24) is 14.9 Å². The molecule has 5 rings (SSSR count). The number of hydrogen-bond donors (Lipinski definition) is 3. The molecule has 4 aromatic rings.